The lowest BCUT2D eigenvalue weighted by Gasteiger charge is -2.33. The summed E-state index contributed by atoms with van der Waals surface area (Å²) in [6, 6.07) is 0. The van der Waals surface area contributed by atoms with E-state index >= 15 is 0 Å². The van der Waals surface area contributed by atoms with Crippen LogP contribution in [0.5, 0.6) is 0 Å². The highest BCUT2D eigenvalue weighted by Gasteiger charge is 2.21. The van der Waals surface area contributed by atoms with Gasteiger partial charge >= 0.3 is 0 Å². The van der Waals surface area contributed by atoms with Crippen LogP contribution in [0.1, 0.15) is 43.5 Å². The van der Waals surface area contributed by atoms with Crippen LogP contribution in [0.25, 0.3) is 10.2 Å². The van der Waals surface area contributed by atoms with E-state index in [9.17, 15) is 9.59 Å². The maximum absolute atomic E-state index is 12.7. The highest BCUT2D eigenvalue weighted by Crippen LogP contribution is 2.29. The topological polar surface area (TPSA) is 69.3 Å². The molecule has 6 nitrogen and oxygen atoms in total. The lowest BCUT2D eigenvalue weighted by Crippen LogP contribution is -2.47. The third-order valence-corrected chi connectivity index (χ3v) is 6.39. The van der Waals surface area contributed by atoms with Gasteiger partial charge in [-0.2, -0.15) is 0 Å². The molecule has 0 radical (unpaired) electrons. The summed E-state index contributed by atoms with van der Waals surface area (Å²) in [5, 5.41) is 0.776. The number of piperazine rings is 1. The van der Waals surface area contributed by atoms with Gasteiger partial charge in [-0.25, -0.2) is 4.98 Å². The van der Waals surface area contributed by atoms with E-state index in [4.69, 9.17) is 4.98 Å². The molecular formula is C19H28N4O2S. The molecule has 0 aromatic carbocycles. The number of amides is 1. The summed E-state index contributed by atoms with van der Waals surface area (Å²) in [5.74, 6) is 1.40. The van der Waals surface area contributed by atoms with E-state index < -0.39 is 0 Å². The summed E-state index contributed by atoms with van der Waals surface area (Å²) in [4.78, 5) is 38.0. The molecule has 1 N–H and O–H groups in total. The molecule has 1 amide bonds. The third-order valence-electron chi connectivity index (χ3n) is 5.35. The van der Waals surface area contributed by atoms with Crippen LogP contribution in [0.3, 0.4) is 0 Å². The quantitative estimate of drug-likeness (QED) is 0.871. The first kappa shape index (κ1) is 19.0. The number of carbonyl (C=O) groups is 1. The highest BCUT2D eigenvalue weighted by molar-refractivity contribution is 7.18. The molecule has 1 aliphatic rings. The first-order valence-corrected chi connectivity index (χ1v) is 10.2. The van der Waals surface area contributed by atoms with E-state index in [1.165, 1.54) is 4.88 Å². The maximum Gasteiger partial charge on any atom is 0.259 e. The number of aryl methyl sites for hydroxylation is 1. The summed E-state index contributed by atoms with van der Waals surface area (Å²) in [7, 11) is 0. The van der Waals surface area contributed by atoms with Crippen molar-refractivity contribution in [1.82, 2.24) is 19.8 Å². The molecule has 1 fully saturated rings. The van der Waals surface area contributed by atoms with E-state index in [-0.39, 0.29) is 11.5 Å². The Balaban J connectivity index is 1.79. The number of nitrogens with one attached hydrogen (secondary N) is 1. The minimum Gasteiger partial charge on any atom is -0.340 e. The van der Waals surface area contributed by atoms with Crippen molar-refractivity contribution in [2.75, 3.05) is 26.2 Å². The van der Waals surface area contributed by atoms with Crippen molar-refractivity contribution in [2.45, 2.75) is 47.1 Å². The van der Waals surface area contributed by atoms with Gasteiger partial charge in [0.2, 0.25) is 5.91 Å². The number of thiophene rings is 1. The fourth-order valence-electron chi connectivity index (χ4n) is 3.47. The van der Waals surface area contributed by atoms with Gasteiger partial charge in [0.25, 0.3) is 5.56 Å². The van der Waals surface area contributed by atoms with Gasteiger partial charge in [-0.3, -0.25) is 14.5 Å². The molecule has 26 heavy (non-hydrogen) atoms. The van der Waals surface area contributed by atoms with E-state index in [1.54, 1.807) is 18.3 Å². The molecule has 2 aromatic heterocycles. The number of H-pyrrole nitrogens is 1. The molecule has 0 aliphatic carbocycles. The first-order chi connectivity index (χ1) is 12.4. The van der Waals surface area contributed by atoms with Crippen molar-refractivity contribution in [1.29, 1.82) is 0 Å². The van der Waals surface area contributed by atoms with Crippen LogP contribution in [0.15, 0.2) is 4.79 Å². The molecular weight excluding hydrogens is 348 g/mol. The van der Waals surface area contributed by atoms with Crippen molar-refractivity contribution in [2.24, 2.45) is 5.92 Å². The predicted molar refractivity (Wildman–Crippen MR) is 106 cm³/mol. The molecule has 142 valence electrons. The largest absolute Gasteiger partial charge is 0.340 e. The van der Waals surface area contributed by atoms with E-state index in [0.717, 1.165) is 60.6 Å². The van der Waals surface area contributed by atoms with Gasteiger partial charge in [0.05, 0.1) is 11.9 Å². The third kappa shape index (κ3) is 3.99. The number of nitrogens with zero attached hydrogens (tertiary/aromatic N) is 3. The number of aromatic amines is 1. The molecule has 0 unspecified atom stereocenters. The summed E-state index contributed by atoms with van der Waals surface area (Å²) in [5.41, 5.74) is 1.14. The molecule has 1 atom stereocenters. The zero-order valence-corrected chi connectivity index (χ0v) is 16.9. The maximum atomic E-state index is 12.7. The summed E-state index contributed by atoms with van der Waals surface area (Å²) in [6.07, 6.45) is 2.03. The lowest BCUT2D eigenvalue weighted by molar-refractivity contribution is -0.130. The number of hydrogen-bond donors (Lipinski definition) is 1. The monoisotopic (exact) mass is 376 g/mol. The Morgan fingerprint density at radius 2 is 2.00 bits per heavy atom. The Morgan fingerprint density at radius 3 is 2.62 bits per heavy atom. The zero-order valence-electron chi connectivity index (χ0n) is 16.1. The fourth-order valence-corrected chi connectivity index (χ4v) is 4.54. The SMILES string of the molecule is CC[C@H](C)Cc1c(C)sc2nc(CN3CCN(C(C)=O)CC3)[nH]c(=O)c12. The number of carbonyl (C=O) groups excluding carboxylic acids is 1. The zero-order chi connectivity index (χ0) is 18.8. The number of fused-ring (bicyclic) bond motifs is 1. The molecule has 1 aliphatic heterocycles. The van der Waals surface area contributed by atoms with Gasteiger partial charge in [0, 0.05) is 38.0 Å². The minimum absolute atomic E-state index is 0.0185. The second-order valence-corrected chi connectivity index (χ2v) is 8.53. The lowest BCUT2D eigenvalue weighted by atomic mass is 9.98. The van der Waals surface area contributed by atoms with Crippen LogP contribution >= 0.6 is 11.3 Å². The number of hydrogen-bond acceptors (Lipinski definition) is 5. The molecule has 0 spiro atoms. The van der Waals surface area contributed by atoms with Gasteiger partial charge in [-0.05, 0) is 24.8 Å². The predicted octanol–water partition coefficient (Wildman–Crippen LogP) is 2.55. The average molecular weight is 377 g/mol. The highest BCUT2D eigenvalue weighted by atomic mass is 32.1. The first-order valence-electron chi connectivity index (χ1n) is 9.38. The molecule has 3 heterocycles. The second-order valence-electron chi connectivity index (χ2n) is 7.33. The number of aromatic nitrogens is 2. The van der Waals surface area contributed by atoms with Gasteiger partial charge in [0.1, 0.15) is 10.7 Å². The smallest absolute Gasteiger partial charge is 0.259 e. The van der Waals surface area contributed by atoms with Crippen molar-refractivity contribution in [3.8, 4) is 0 Å². The van der Waals surface area contributed by atoms with Gasteiger partial charge in [0.15, 0.2) is 0 Å². The molecule has 0 bridgehead atoms. The molecule has 7 heteroatoms. The summed E-state index contributed by atoms with van der Waals surface area (Å²) >= 11 is 1.62. The molecule has 1 saturated heterocycles. The van der Waals surface area contributed by atoms with Crippen LogP contribution in [-0.4, -0.2) is 51.9 Å². The van der Waals surface area contributed by atoms with Crippen LogP contribution < -0.4 is 5.56 Å². The van der Waals surface area contributed by atoms with Crippen LogP contribution in [-0.2, 0) is 17.8 Å². The Morgan fingerprint density at radius 1 is 1.31 bits per heavy atom. The van der Waals surface area contributed by atoms with Gasteiger partial charge in [-0.1, -0.05) is 20.3 Å². The number of rotatable bonds is 5. The molecule has 3 rings (SSSR count). The van der Waals surface area contributed by atoms with E-state index in [1.807, 2.05) is 4.90 Å². The Labute approximate surface area is 158 Å². The second kappa shape index (κ2) is 7.88. The van der Waals surface area contributed by atoms with Crippen LogP contribution in [0.4, 0.5) is 0 Å². The van der Waals surface area contributed by atoms with Crippen molar-refractivity contribution >= 4 is 27.5 Å². The summed E-state index contributed by atoms with van der Waals surface area (Å²) < 4.78 is 0. The van der Waals surface area contributed by atoms with Crippen molar-refractivity contribution in [3.63, 3.8) is 0 Å². The Bertz CT molecular complexity index is 849. The van der Waals surface area contributed by atoms with Gasteiger partial charge in [-0.15, -0.1) is 11.3 Å². The standard InChI is InChI=1S/C19H28N4O2S/c1-5-12(2)10-15-13(3)26-19-17(15)18(25)20-16(21-19)11-22-6-8-23(9-7-22)14(4)24/h12H,5-11H2,1-4H3,(H,20,21,25)/t12-/m0/s1. The van der Waals surface area contributed by atoms with Crippen molar-refractivity contribution < 1.29 is 4.79 Å². The molecule has 2 aromatic rings. The van der Waals surface area contributed by atoms with Crippen LogP contribution in [0, 0.1) is 12.8 Å². The normalized spacial score (nSPS) is 17.0. The van der Waals surface area contributed by atoms with Gasteiger partial charge < -0.3 is 9.88 Å². The van der Waals surface area contributed by atoms with E-state index in [2.05, 4.69) is 30.7 Å². The molecule has 0 saturated carbocycles. The Kier molecular flexibility index (Phi) is 5.77. The Hall–Kier alpha value is -1.73. The minimum atomic E-state index is -0.0185. The van der Waals surface area contributed by atoms with Crippen molar-refractivity contribution in [3.05, 3.63) is 26.6 Å². The summed E-state index contributed by atoms with van der Waals surface area (Å²) in [6.45, 7) is 11.8. The van der Waals surface area contributed by atoms with E-state index in [0.29, 0.717) is 12.5 Å². The van der Waals surface area contributed by atoms with Crippen LogP contribution in [0.2, 0.25) is 0 Å². The fraction of sp³-hybridized carbons (Fsp3) is 0.632. The average Bonchev–Trinajstić information content (AvgIpc) is 2.91.